The van der Waals surface area contributed by atoms with Crippen molar-refractivity contribution in [2.75, 3.05) is 18.5 Å². The number of carbonyl (C=O) groups is 1. The number of amides is 1. The smallest absolute Gasteiger partial charge is 0.267 e. The molecule has 0 bridgehead atoms. The van der Waals surface area contributed by atoms with Crippen LogP contribution in [-0.4, -0.2) is 44.2 Å². The molecule has 32 heavy (non-hydrogen) atoms. The minimum atomic E-state index is -0.326. The van der Waals surface area contributed by atoms with E-state index in [1.807, 2.05) is 66.7 Å². The van der Waals surface area contributed by atoms with Crippen LogP contribution < -0.4 is 10.6 Å². The molecule has 0 radical (unpaired) electrons. The van der Waals surface area contributed by atoms with E-state index in [1.165, 1.54) is 0 Å². The average molecular weight is 431 g/mol. The summed E-state index contributed by atoms with van der Waals surface area (Å²) >= 11 is 0. The maximum atomic E-state index is 12.0. The third kappa shape index (κ3) is 6.49. The lowest BCUT2D eigenvalue weighted by molar-refractivity contribution is 0.0940. The quantitative estimate of drug-likeness (QED) is 0.306. The predicted octanol–water partition coefficient (Wildman–Crippen LogP) is 3.12. The number of aliphatic hydroxyl groups is 2. The molecule has 0 unspecified atom stereocenters. The minimum absolute atomic E-state index is 0.131. The lowest BCUT2D eigenvalue weighted by atomic mass is 10.1. The van der Waals surface area contributed by atoms with Crippen molar-refractivity contribution in [3.8, 4) is 11.3 Å². The van der Waals surface area contributed by atoms with Crippen LogP contribution in [0.2, 0.25) is 0 Å². The predicted molar refractivity (Wildman–Crippen MR) is 123 cm³/mol. The lowest BCUT2D eigenvalue weighted by Gasteiger charge is -2.09. The number of carbonyl (C=O) groups excluding carboxylic acids is 1. The van der Waals surface area contributed by atoms with Gasteiger partial charge in [-0.2, -0.15) is 0 Å². The molecule has 2 aromatic heterocycles. The second kappa shape index (κ2) is 12.0. The fourth-order valence-corrected chi connectivity index (χ4v) is 2.79. The molecule has 0 fully saturated rings. The van der Waals surface area contributed by atoms with Gasteiger partial charge in [-0.05, 0) is 18.2 Å². The van der Waals surface area contributed by atoms with Crippen molar-refractivity contribution in [2.24, 2.45) is 0 Å². The molecular weight excluding hydrogens is 406 g/mol. The van der Waals surface area contributed by atoms with Crippen LogP contribution in [0.3, 0.4) is 0 Å². The highest BCUT2D eigenvalue weighted by atomic mass is 16.3. The summed E-state index contributed by atoms with van der Waals surface area (Å²) in [7, 11) is 0. The molecule has 0 aliphatic carbocycles. The van der Waals surface area contributed by atoms with Gasteiger partial charge < -0.3 is 25.8 Å². The van der Waals surface area contributed by atoms with E-state index in [2.05, 4.69) is 25.6 Å². The van der Waals surface area contributed by atoms with Crippen LogP contribution in [0.5, 0.6) is 0 Å². The zero-order valence-corrected chi connectivity index (χ0v) is 17.4. The Morgan fingerprint density at radius 2 is 1.62 bits per heavy atom. The Bertz CT molecular complexity index is 1070. The number of rotatable bonds is 7. The molecule has 0 saturated carbocycles. The molecule has 2 aromatic carbocycles. The zero-order chi connectivity index (χ0) is 22.6. The molecule has 8 nitrogen and oxygen atoms in total. The molecular formula is C24H25N5O3. The van der Waals surface area contributed by atoms with E-state index in [-0.39, 0.29) is 25.7 Å². The van der Waals surface area contributed by atoms with Gasteiger partial charge in [0.1, 0.15) is 5.69 Å². The van der Waals surface area contributed by atoms with Gasteiger partial charge >= 0.3 is 0 Å². The first-order valence-electron chi connectivity index (χ1n) is 10.1. The van der Waals surface area contributed by atoms with Crippen LogP contribution in [0.1, 0.15) is 16.1 Å². The monoisotopic (exact) mass is 431 g/mol. The standard InChI is InChI=1S/C18H19N5O3.C6H6/c24-7-6-19-17(26)15-8-12(9-20-15)16-13(11-25)10-21-18(23-16)22-14-4-2-1-3-5-14;1-2-4-6-5-3-1/h1-5,8-10,20,24-25H,6-7,11H2,(H,19,26)(H,21,22,23);1-6H. The molecule has 0 aliphatic rings. The van der Waals surface area contributed by atoms with E-state index in [9.17, 15) is 9.90 Å². The third-order valence-electron chi connectivity index (χ3n) is 4.33. The Labute approximate surface area is 186 Å². The van der Waals surface area contributed by atoms with Gasteiger partial charge in [-0.3, -0.25) is 4.79 Å². The number of aromatic nitrogens is 3. The molecule has 0 atom stereocenters. The van der Waals surface area contributed by atoms with Gasteiger partial charge in [-0.25, -0.2) is 9.97 Å². The molecule has 4 aromatic rings. The van der Waals surface area contributed by atoms with Gasteiger partial charge in [0.05, 0.1) is 18.9 Å². The summed E-state index contributed by atoms with van der Waals surface area (Å²) in [5, 5.41) is 24.0. The molecule has 2 heterocycles. The highest BCUT2D eigenvalue weighted by Gasteiger charge is 2.14. The molecule has 5 N–H and O–H groups in total. The van der Waals surface area contributed by atoms with E-state index >= 15 is 0 Å². The molecule has 4 rings (SSSR count). The largest absolute Gasteiger partial charge is 0.395 e. The Kier molecular flexibility index (Phi) is 8.50. The minimum Gasteiger partial charge on any atom is -0.395 e. The number of anilines is 2. The first-order chi connectivity index (χ1) is 15.7. The molecule has 0 saturated heterocycles. The lowest BCUT2D eigenvalue weighted by Crippen LogP contribution is -2.26. The van der Waals surface area contributed by atoms with Crippen molar-refractivity contribution in [1.29, 1.82) is 0 Å². The van der Waals surface area contributed by atoms with Gasteiger partial charge in [-0.1, -0.05) is 54.6 Å². The van der Waals surface area contributed by atoms with Gasteiger partial charge in [0.15, 0.2) is 0 Å². The van der Waals surface area contributed by atoms with Gasteiger partial charge in [0, 0.05) is 35.8 Å². The highest BCUT2D eigenvalue weighted by molar-refractivity contribution is 5.93. The Morgan fingerprint density at radius 3 is 2.25 bits per heavy atom. The Hall–Kier alpha value is -4.01. The first kappa shape index (κ1) is 22.7. The van der Waals surface area contributed by atoms with Crippen LogP contribution in [-0.2, 0) is 6.61 Å². The van der Waals surface area contributed by atoms with Crippen LogP contribution in [0.15, 0.2) is 85.2 Å². The summed E-state index contributed by atoms with van der Waals surface area (Å²) in [6.45, 7) is -0.180. The molecule has 1 amide bonds. The number of H-pyrrole nitrogens is 1. The van der Waals surface area contributed by atoms with Gasteiger partial charge in [0.2, 0.25) is 5.95 Å². The van der Waals surface area contributed by atoms with Crippen molar-refractivity contribution >= 4 is 17.5 Å². The van der Waals surface area contributed by atoms with E-state index in [0.29, 0.717) is 28.5 Å². The number of hydrogen-bond acceptors (Lipinski definition) is 6. The SMILES string of the molecule is O=C(NCCO)c1cc(-c2nc(Nc3ccccc3)ncc2CO)c[nH]1.c1ccccc1. The summed E-state index contributed by atoms with van der Waals surface area (Å²) in [6.07, 6.45) is 3.19. The molecule has 8 heteroatoms. The van der Waals surface area contributed by atoms with Crippen LogP contribution >= 0.6 is 0 Å². The van der Waals surface area contributed by atoms with Crippen molar-refractivity contribution < 1.29 is 15.0 Å². The average Bonchev–Trinajstić information content (AvgIpc) is 3.35. The highest BCUT2D eigenvalue weighted by Crippen LogP contribution is 2.24. The van der Waals surface area contributed by atoms with E-state index in [1.54, 1.807) is 18.5 Å². The van der Waals surface area contributed by atoms with Crippen molar-refractivity contribution in [3.63, 3.8) is 0 Å². The molecule has 0 aliphatic heterocycles. The zero-order valence-electron chi connectivity index (χ0n) is 17.4. The van der Waals surface area contributed by atoms with Crippen LogP contribution in [0.4, 0.5) is 11.6 Å². The van der Waals surface area contributed by atoms with Crippen LogP contribution in [0.25, 0.3) is 11.3 Å². The second-order valence-corrected chi connectivity index (χ2v) is 6.65. The number of hydrogen-bond donors (Lipinski definition) is 5. The van der Waals surface area contributed by atoms with Gasteiger partial charge in [0.25, 0.3) is 5.91 Å². The van der Waals surface area contributed by atoms with Crippen molar-refractivity contribution in [3.05, 3.63) is 96.4 Å². The van der Waals surface area contributed by atoms with Gasteiger partial charge in [-0.15, -0.1) is 0 Å². The number of aliphatic hydroxyl groups excluding tert-OH is 2. The third-order valence-corrected chi connectivity index (χ3v) is 4.33. The Balaban J connectivity index is 0.000000416. The molecule has 164 valence electrons. The van der Waals surface area contributed by atoms with Crippen molar-refractivity contribution in [1.82, 2.24) is 20.3 Å². The second-order valence-electron chi connectivity index (χ2n) is 6.65. The van der Waals surface area contributed by atoms with Crippen molar-refractivity contribution in [2.45, 2.75) is 6.61 Å². The first-order valence-corrected chi connectivity index (χ1v) is 10.1. The summed E-state index contributed by atoms with van der Waals surface area (Å²) < 4.78 is 0. The fourth-order valence-electron chi connectivity index (χ4n) is 2.79. The topological polar surface area (TPSA) is 123 Å². The summed E-state index contributed by atoms with van der Waals surface area (Å²) in [5.41, 5.74) is 2.91. The maximum absolute atomic E-state index is 12.0. The fraction of sp³-hybridized carbons (Fsp3) is 0.125. The van der Waals surface area contributed by atoms with E-state index < -0.39 is 0 Å². The summed E-state index contributed by atoms with van der Waals surface area (Å²) in [4.78, 5) is 23.5. The number of para-hydroxylation sites is 1. The van der Waals surface area contributed by atoms with Crippen LogP contribution in [0, 0.1) is 0 Å². The van der Waals surface area contributed by atoms with E-state index in [4.69, 9.17) is 5.11 Å². The summed E-state index contributed by atoms with van der Waals surface area (Å²) in [5.74, 6) is 0.0587. The number of nitrogens with zero attached hydrogens (tertiary/aromatic N) is 2. The number of nitrogens with one attached hydrogen (secondary N) is 3. The maximum Gasteiger partial charge on any atom is 0.267 e. The molecule has 0 spiro atoms. The van der Waals surface area contributed by atoms with E-state index in [0.717, 1.165) is 5.69 Å². The summed E-state index contributed by atoms with van der Waals surface area (Å²) in [6, 6.07) is 23.1. The number of benzene rings is 2. The number of aromatic amines is 1. The Morgan fingerprint density at radius 1 is 0.969 bits per heavy atom. The normalized spacial score (nSPS) is 10.1.